The Bertz CT molecular complexity index is 1420. The first-order chi connectivity index (χ1) is 16.5. The number of carbonyl (C=O) groups excluding carboxylic acids is 1. The molecule has 1 fully saturated rings. The second-order valence-corrected chi connectivity index (χ2v) is 8.47. The van der Waals surface area contributed by atoms with Gasteiger partial charge < -0.3 is 9.80 Å². The van der Waals surface area contributed by atoms with Crippen molar-refractivity contribution in [1.82, 2.24) is 19.4 Å². The first kappa shape index (κ1) is 22.0. The number of anilines is 1. The van der Waals surface area contributed by atoms with Crippen LogP contribution in [0.15, 0.2) is 71.7 Å². The van der Waals surface area contributed by atoms with E-state index in [0.717, 1.165) is 11.6 Å². The lowest BCUT2D eigenvalue weighted by atomic mass is 10.1. The molecule has 4 aromatic rings. The first-order valence-corrected chi connectivity index (χ1v) is 11.3. The van der Waals surface area contributed by atoms with E-state index < -0.39 is 5.82 Å². The van der Waals surface area contributed by atoms with Gasteiger partial charge in [0.15, 0.2) is 11.5 Å². The van der Waals surface area contributed by atoms with Crippen molar-refractivity contribution >= 4 is 34.5 Å². The summed E-state index contributed by atoms with van der Waals surface area (Å²) in [6.45, 7) is 2.02. The van der Waals surface area contributed by atoms with Crippen molar-refractivity contribution in [2.24, 2.45) is 0 Å². The average Bonchev–Trinajstić information content (AvgIpc) is 2.86. The Kier molecular flexibility index (Phi) is 5.98. The number of fused-ring (bicyclic) bond motifs is 1. The van der Waals surface area contributed by atoms with Crippen LogP contribution in [0.2, 0.25) is 5.02 Å². The summed E-state index contributed by atoms with van der Waals surface area (Å²) in [7, 11) is 0. The maximum atomic E-state index is 13.5. The predicted molar refractivity (Wildman–Crippen MR) is 129 cm³/mol. The number of aromatic nitrogens is 3. The zero-order valence-corrected chi connectivity index (χ0v) is 19.0. The highest BCUT2D eigenvalue weighted by Gasteiger charge is 2.26. The summed E-state index contributed by atoms with van der Waals surface area (Å²) < 4.78 is 15.0. The van der Waals surface area contributed by atoms with Crippen LogP contribution in [-0.2, 0) is 6.54 Å². The van der Waals surface area contributed by atoms with Gasteiger partial charge in [0.25, 0.3) is 11.5 Å². The number of rotatable bonds is 4. The smallest absolute Gasteiger partial charge is 0.295 e. The number of benzene rings is 2. The second kappa shape index (κ2) is 9.23. The number of halogens is 2. The lowest BCUT2D eigenvalue weighted by molar-refractivity contribution is 0.0746. The highest BCUT2D eigenvalue weighted by atomic mass is 35.5. The molecule has 2 aromatic heterocycles. The molecule has 0 atom stereocenters. The third-order valence-electron chi connectivity index (χ3n) is 5.90. The number of piperazine rings is 1. The number of hydrogen-bond acceptors (Lipinski definition) is 5. The topological polar surface area (TPSA) is 71.3 Å². The van der Waals surface area contributed by atoms with Gasteiger partial charge in [0.1, 0.15) is 11.3 Å². The van der Waals surface area contributed by atoms with Gasteiger partial charge >= 0.3 is 0 Å². The molecule has 2 aromatic carbocycles. The molecule has 1 aliphatic heterocycles. The summed E-state index contributed by atoms with van der Waals surface area (Å²) >= 11 is 6.07. The van der Waals surface area contributed by atoms with Crippen LogP contribution in [0.5, 0.6) is 0 Å². The molecule has 0 bridgehead atoms. The molecule has 3 heterocycles. The molecule has 0 N–H and O–H groups in total. The van der Waals surface area contributed by atoms with Crippen molar-refractivity contribution in [3.63, 3.8) is 0 Å². The number of pyridine rings is 1. The van der Waals surface area contributed by atoms with Crippen molar-refractivity contribution in [2.75, 3.05) is 31.1 Å². The van der Waals surface area contributed by atoms with E-state index in [2.05, 4.69) is 9.97 Å². The number of hydrogen-bond donors (Lipinski definition) is 0. The Labute approximate surface area is 200 Å². The monoisotopic (exact) mass is 477 g/mol. The molecule has 1 amide bonds. The fraction of sp³-hybridized carbons (Fsp3) is 0.200. The molecule has 1 aliphatic rings. The van der Waals surface area contributed by atoms with Gasteiger partial charge in [-0.25, -0.2) is 14.4 Å². The summed E-state index contributed by atoms with van der Waals surface area (Å²) in [5, 5.41) is 0.0833. The molecule has 0 radical (unpaired) electrons. The van der Waals surface area contributed by atoms with Crippen LogP contribution in [0.3, 0.4) is 0 Å². The highest BCUT2D eigenvalue weighted by Crippen LogP contribution is 2.21. The summed E-state index contributed by atoms with van der Waals surface area (Å²) in [6, 6.07) is 17.1. The van der Waals surface area contributed by atoms with E-state index in [-0.39, 0.29) is 22.1 Å². The second-order valence-electron chi connectivity index (χ2n) is 8.06. The van der Waals surface area contributed by atoms with E-state index in [1.165, 1.54) is 12.1 Å². The van der Waals surface area contributed by atoms with Crippen molar-refractivity contribution in [1.29, 1.82) is 0 Å². The van der Waals surface area contributed by atoms with Crippen LogP contribution >= 0.6 is 11.6 Å². The van der Waals surface area contributed by atoms with Crippen LogP contribution in [0.25, 0.3) is 11.2 Å². The third kappa shape index (κ3) is 4.24. The SMILES string of the molecule is O=C(c1ccc(F)cc1Cl)N1CCN(c2nc3cccnc3n(Cc3ccccc3)c2=O)CC1. The molecule has 0 spiro atoms. The van der Waals surface area contributed by atoms with Gasteiger partial charge in [0, 0.05) is 32.4 Å². The molecule has 172 valence electrons. The minimum absolute atomic E-state index is 0.0833. The molecule has 0 saturated carbocycles. The Morgan fingerprint density at radius 3 is 2.50 bits per heavy atom. The molecule has 0 unspecified atom stereocenters. The van der Waals surface area contributed by atoms with Crippen molar-refractivity contribution in [3.05, 3.63) is 99.2 Å². The van der Waals surface area contributed by atoms with Crippen molar-refractivity contribution in [3.8, 4) is 0 Å². The molecule has 5 rings (SSSR count). The van der Waals surface area contributed by atoms with E-state index in [0.29, 0.717) is 49.7 Å². The minimum atomic E-state index is -0.491. The maximum Gasteiger partial charge on any atom is 0.295 e. The summed E-state index contributed by atoms with van der Waals surface area (Å²) in [6.07, 6.45) is 1.65. The van der Waals surface area contributed by atoms with E-state index in [1.54, 1.807) is 21.7 Å². The van der Waals surface area contributed by atoms with Crippen LogP contribution < -0.4 is 10.5 Å². The van der Waals surface area contributed by atoms with Crippen LogP contribution in [0.4, 0.5) is 10.2 Å². The van der Waals surface area contributed by atoms with Gasteiger partial charge in [-0.3, -0.25) is 14.2 Å². The quantitative estimate of drug-likeness (QED) is 0.449. The minimum Gasteiger partial charge on any atom is -0.348 e. The Balaban J connectivity index is 1.41. The average molecular weight is 478 g/mol. The van der Waals surface area contributed by atoms with E-state index in [1.807, 2.05) is 41.3 Å². The molecule has 34 heavy (non-hydrogen) atoms. The normalized spacial score (nSPS) is 13.9. The Hall–Kier alpha value is -3.78. The molecule has 9 heteroatoms. The Morgan fingerprint density at radius 2 is 1.76 bits per heavy atom. The van der Waals surface area contributed by atoms with E-state index in [9.17, 15) is 14.0 Å². The Morgan fingerprint density at radius 1 is 1.00 bits per heavy atom. The maximum absolute atomic E-state index is 13.5. The summed E-state index contributed by atoms with van der Waals surface area (Å²) in [5.74, 6) is -0.417. The lowest BCUT2D eigenvalue weighted by Gasteiger charge is -2.35. The largest absolute Gasteiger partial charge is 0.348 e. The van der Waals surface area contributed by atoms with Crippen LogP contribution in [-0.4, -0.2) is 51.5 Å². The predicted octanol–water partition coefficient (Wildman–Crippen LogP) is 3.59. The van der Waals surface area contributed by atoms with Gasteiger partial charge in [-0.1, -0.05) is 41.9 Å². The zero-order chi connectivity index (χ0) is 23.7. The fourth-order valence-electron chi connectivity index (χ4n) is 4.14. The first-order valence-electron chi connectivity index (χ1n) is 10.9. The lowest BCUT2D eigenvalue weighted by Crippen LogP contribution is -2.50. The highest BCUT2D eigenvalue weighted by molar-refractivity contribution is 6.33. The van der Waals surface area contributed by atoms with Crippen molar-refractivity contribution in [2.45, 2.75) is 6.54 Å². The number of carbonyl (C=O) groups is 1. The van der Waals surface area contributed by atoms with Crippen molar-refractivity contribution < 1.29 is 9.18 Å². The molecule has 7 nitrogen and oxygen atoms in total. The zero-order valence-electron chi connectivity index (χ0n) is 18.2. The van der Waals surface area contributed by atoms with E-state index in [4.69, 9.17) is 11.6 Å². The standard InChI is InChI=1S/C25H21ClFN5O2/c26-20-15-18(27)8-9-19(20)24(33)31-13-11-30(12-14-31)23-25(34)32(16-17-5-2-1-3-6-17)22-21(29-23)7-4-10-28-22/h1-10,15H,11-14,16H2. The number of amides is 1. The fourth-order valence-corrected chi connectivity index (χ4v) is 4.38. The third-order valence-corrected chi connectivity index (χ3v) is 6.21. The van der Waals surface area contributed by atoms with Gasteiger partial charge in [0.2, 0.25) is 0 Å². The summed E-state index contributed by atoms with van der Waals surface area (Å²) in [4.78, 5) is 38.9. The number of nitrogens with zero attached hydrogens (tertiary/aromatic N) is 5. The van der Waals surface area contributed by atoms with Gasteiger partial charge in [-0.05, 0) is 35.9 Å². The van der Waals surface area contributed by atoms with Crippen LogP contribution in [0, 0.1) is 5.82 Å². The van der Waals surface area contributed by atoms with Crippen LogP contribution in [0.1, 0.15) is 15.9 Å². The van der Waals surface area contributed by atoms with E-state index >= 15 is 0 Å². The molecule has 0 aliphatic carbocycles. The van der Waals surface area contributed by atoms with Gasteiger partial charge in [-0.2, -0.15) is 0 Å². The summed E-state index contributed by atoms with van der Waals surface area (Å²) in [5.41, 5.74) is 2.18. The van der Waals surface area contributed by atoms with Gasteiger partial charge in [0.05, 0.1) is 17.1 Å². The van der Waals surface area contributed by atoms with Gasteiger partial charge in [-0.15, -0.1) is 0 Å². The molecular formula is C25H21ClFN5O2. The molecular weight excluding hydrogens is 457 g/mol. The molecule has 1 saturated heterocycles.